The third-order valence-electron chi connectivity index (χ3n) is 3.73. The molecular formula is C15H17Cl2NO6. The van der Waals surface area contributed by atoms with Crippen LogP contribution in [0, 0.1) is 28.1 Å². The summed E-state index contributed by atoms with van der Waals surface area (Å²) in [6, 6.07) is 1.72. The van der Waals surface area contributed by atoms with Crippen molar-refractivity contribution in [3.8, 4) is 6.07 Å². The maximum atomic E-state index is 12.5. The van der Waals surface area contributed by atoms with Crippen molar-refractivity contribution in [2.24, 2.45) is 16.7 Å². The summed E-state index contributed by atoms with van der Waals surface area (Å²) in [5.74, 6) is -4.41. The van der Waals surface area contributed by atoms with E-state index in [4.69, 9.17) is 37.4 Å². The second-order valence-electron chi connectivity index (χ2n) is 4.82. The number of ether oxygens (including phenoxy) is 3. The number of carbonyl (C=O) groups excluding carboxylic acids is 3. The first kappa shape index (κ1) is 20.3. The van der Waals surface area contributed by atoms with E-state index in [0.29, 0.717) is 0 Å². The van der Waals surface area contributed by atoms with Gasteiger partial charge in [0, 0.05) is 5.92 Å². The van der Waals surface area contributed by atoms with E-state index in [1.54, 1.807) is 6.07 Å². The molecule has 0 saturated heterocycles. The fourth-order valence-corrected chi connectivity index (χ4v) is 3.02. The molecule has 1 fully saturated rings. The molecule has 0 radical (unpaired) electrons. The summed E-state index contributed by atoms with van der Waals surface area (Å²) < 4.78 is 14.4. The van der Waals surface area contributed by atoms with Gasteiger partial charge in [0.05, 0.1) is 25.9 Å². The third-order valence-corrected chi connectivity index (χ3v) is 3.98. The van der Waals surface area contributed by atoms with Crippen molar-refractivity contribution in [1.82, 2.24) is 0 Å². The van der Waals surface area contributed by atoms with Crippen molar-refractivity contribution in [3.05, 3.63) is 10.6 Å². The number of esters is 3. The molecule has 0 aromatic rings. The van der Waals surface area contributed by atoms with Gasteiger partial charge in [0.15, 0.2) is 5.41 Å². The Morgan fingerprint density at radius 2 is 1.42 bits per heavy atom. The normalized spacial score (nSPS) is 23.4. The summed E-state index contributed by atoms with van der Waals surface area (Å²) in [5.41, 5.74) is -4.34. The van der Waals surface area contributed by atoms with Crippen LogP contribution in [0.25, 0.3) is 0 Å². The molecule has 9 heteroatoms. The number of halogens is 2. The second kappa shape index (κ2) is 7.86. The van der Waals surface area contributed by atoms with E-state index in [-0.39, 0.29) is 24.3 Å². The molecular weight excluding hydrogens is 361 g/mol. The van der Waals surface area contributed by atoms with Crippen LogP contribution in [0.4, 0.5) is 0 Å². The Morgan fingerprint density at radius 1 is 1.00 bits per heavy atom. The molecule has 0 bridgehead atoms. The Hall–Kier alpha value is -1.78. The van der Waals surface area contributed by atoms with Crippen LogP contribution in [0.1, 0.15) is 20.8 Å². The number of hydrogen-bond acceptors (Lipinski definition) is 7. The zero-order valence-electron chi connectivity index (χ0n) is 13.4. The van der Waals surface area contributed by atoms with Gasteiger partial charge in [-0.2, -0.15) is 5.26 Å². The molecule has 0 aromatic heterocycles. The highest BCUT2D eigenvalue weighted by atomic mass is 35.5. The number of carbonyl (C=O) groups is 3. The van der Waals surface area contributed by atoms with Gasteiger partial charge >= 0.3 is 17.9 Å². The number of hydrogen-bond donors (Lipinski definition) is 0. The molecule has 2 atom stereocenters. The number of rotatable bonds is 7. The Bertz CT molecular complexity index is 590. The molecule has 0 heterocycles. The fraction of sp³-hybridized carbons (Fsp3) is 0.600. The van der Waals surface area contributed by atoms with Crippen LogP contribution in [-0.2, 0) is 28.6 Å². The fourth-order valence-electron chi connectivity index (χ4n) is 2.76. The lowest BCUT2D eigenvalue weighted by Crippen LogP contribution is -2.39. The first-order chi connectivity index (χ1) is 11.3. The number of nitriles is 1. The summed E-state index contributed by atoms with van der Waals surface area (Å²) in [6.45, 7) is 4.41. The standard InChI is InChI=1S/C15H17Cl2NO6/c1-4-22-11(19)14(8-18)9(7-10(16)17)15(14,12(20)23-5-2)13(21)24-6-3/h7,9H,4-6H2,1-3H3. The Morgan fingerprint density at radius 3 is 1.75 bits per heavy atom. The summed E-state index contributed by atoms with van der Waals surface area (Å²) >= 11 is 11.3. The Labute approximate surface area is 149 Å². The van der Waals surface area contributed by atoms with E-state index in [9.17, 15) is 19.6 Å². The van der Waals surface area contributed by atoms with Crippen molar-refractivity contribution in [2.75, 3.05) is 19.8 Å². The molecule has 0 spiro atoms. The van der Waals surface area contributed by atoms with Gasteiger partial charge in [0.25, 0.3) is 0 Å². The Kier molecular flexibility index (Phi) is 6.64. The van der Waals surface area contributed by atoms with Crippen molar-refractivity contribution < 1.29 is 28.6 Å². The first-order valence-corrected chi connectivity index (χ1v) is 8.02. The van der Waals surface area contributed by atoms with Gasteiger partial charge < -0.3 is 14.2 Å². The van der Waals surface area contributed by atoms with Crippen molar-refractivity contribution >= 4 is 41.1 Å². The second-order valence-corrected chi connectivity index (χ2v) is 5.83. The van der Waals surface area contributed by atoms with E-state index in [1.165, 1.54) is 20.8 Å². The van der Waals surface area contributed by atoms with E-state index in [2.05, 4.69) is 0 Å². The maximum Gasteiger partial charge on any atom is 0.329 e. The van der Waals surface area contributed by atoms with Gasteiger partial charge in [-0.15, -0.1) is 0 Å². The van der Waals surface area contributed by atoms with Gasteiger partial charge in [0.1, 0.15) is 4.49 Å². The molecule has 1 saturated carbocycles. The van der Waals surface area contributed by atoms with Crippen LogP contribution in [0.5, 0.6) is 0 Å². The molecule has 132 valence electrons. The van der Waals surface area contributed by atoms with Crippen LogP contribution >= 0.6 is 23.2 Å². The van der Waals surface area contributed by atoms with E-state index < -0.39 is 34.7 Å². The minimum Gasteiger partial charge on any atom is -0.465 e. The van der Waals surface area contributed by atoms with Crippen LogP contribution in [0.15, 0.2) is 10.6 Å². The van der Waals surface area contributed by atoms with Crippen LogP contribution in [-0.4, -0.2) is 37.7 Å². The highest BCUT2D eigenvalue weighted by Crippen LogP contribution is 2.71. The van der Waals surface area contributed by atoms with Crippen LogP contribution < -0.4 is 0 Å². The van der Waals surface area contributed by atoms with Crippen molar-refractivity contribution in [3.63, 3.8) is 0 Å². The summed E-state index contributed by atoms with van der Waals surface area (Å²) in [4.78, 5) is 37.5. The quantitative estimate of drug-likeness (QED) is 0.380. The molecule has 0 N–H and O–H groups in total. The lowest BCUT2D eigenvalue weighted by atomic mass is 9.93. The average Bonchev–Trinajstić information content (AvgIpc) is 3.11. The molecule has 24 heavy (non-hydrogen) atoms. The number of nitrogens with zero attached hydrogens (tertiary/aromatic N) is 1. The van der Waals surface area contributed by atoms with Gasteiger partial charge in [-0.25, -0.2) is 0 Å². The van der Waals surface area contributed by atoms with Crippen molar-refractivity contribution in [2.45, 2.75) is 20.8 Å². The predicted molar refractivity (Wildman–Crippen MR) is 83.7 cm³/mol. The van der Waals surface area contributed by atoms with Gasteiger partial charge in [-0.3, -0.25) is 14.4 Å². The highest BCUT2D eigenvalue weighted by Gasteiger charge is 2.91. The molecule has 2 unspecified atom stereocenters. The molecule has 1 rings (SSSR count). The van der Waals surface area contributed by atoms with Crippen LogP contribution in [0.2, 0.25) is 0 Å². The molecule has 0 aromatic carbocycles. The molecule has 7 nitrogen and oxygen atoms in total. The SMILES string of the molecule is CCOC(=O)C1(C#N)C(C=C(Cl)Cl)C1(C(=O)OCC)C(=O)OCC. The molecule has 1 aliphatic rings. The summed E-state index contributed by atoms with van der Waals surface area (Å²) in [6.07, 6.45) is 1.08. The van der Waals surface area contributed by atoms with Crippen molar-refractivity contribution in [1.29, 1.82) is 5.26 Å². The smallest absolute Gasteiger partial charge is 0.329 e. The van der Waals surface area contributed by atoms with E-state index in [0.717, 1.165) is 6.08 Å². The minimum absolute atomic E-state index is 0.0466. The average molecular weight is 378 g/mol. The summed E-state index contributed by atoms with van der Waals surface area (Å²) in [5, 5.41) is 9.62. The number of allylic oxidation sites excluding steroid dienone is 1. The maximum absolute atomic E-state index is 12.5. The lowest BCUT2D eigenvalue weighted by molar-refractivity contribution is -0.170. The lowest BCUT2D eigenvalue weighted by Gasteiger charge is -2.17. The minimum atomic E-state index is -2.20. The van der Waals surface area contributed by atoms with Gasteiger partial charge in [0.2, 0.25) is 5.41 Å². The van der Waals surface area contributed by atoms with Crippen LogP contribution in [0.3, 0.4) is 0 Å². The monoisotopic (exact) mass is 377 g/mol. The molecule has 0 aliphatic heterocycles. The first-order valence-electron chi connectivity index (χ1n) is 7.26. The van der Waals surface area contributed by atoms with Gasteiger partial charge in [-0.1, -0.05) is 23.2 Å². The predicted octanol–water partition coefficient (Wildman–Crippen LogP) is 2.12. The topological polar surface area (TPSA) is 103 Å². The summed E-state index contributed by atoms with van der Waals surface area (Å²) in [7, 11) is 0. The third kappa shape index (κ3) is 2.85. The highest BCUT2D eigenvalue weighted by molar-refractivity contribution is 6.56. The molecule has 0 amide bonds. The van der Waals surface area contributed by atoms with Gasteiger partial charge in [-0.05, 0) is 26.8 Å². The van der Waals surface area contributed by atoms with E-state index >= 15 is 0 Å². The zero-order valence-corrected chi connectivity index (χ0v) is 14.9. The largest absolute Gasteiger partial charge is 0.465 e. The molecule has 1 aliphatic carbocycles. The van der Waals surface area contributed by atoms with E-state index in [1.807, 2.05) is 0 Å². The zero-order chi connectivity index (χ0) is 18.5. The Balaban J connectivity index is 3.59.